The summed E-state index contributed by atoms with van der Waals surface area (Å²) >= 11 is 1.47. The Bertz CT molecular complexity index is 1620. The molecule has 4 aromatic heterocycles. The number of urea groups is 1. The standard InChI is InChI=1S/C28H27FN6O4S/c1-17-13-26(35-39-17)34-28(36)33-18-7-8-23(20(29)14-18)38-24-9-11-31-22-15-25(40-27(22)24)21-6-3-5-19(32-21)16-30-10-4-12-37-2/h3,5-9,11,13-15,30H,4,10,12,16H2,1-2H3,(H2,33,34,35,36). The molecule has 5 rings (SSSR count). The van der Waals surface area contributed by atoms with Crippen LogP contribution in [0.15, 0.2) is 65.3 Å². The molecule has 4 heterocycles. The summed E-state index contributed by atoms with van der Waals surface area (Å²) in [5, 5.41) is 12.1. The van der Waals surface area contributed by atoms with Gasteiger partial charge in [-0.2, -0.15) is 0 Å². The largest absolute Gasteiger partial charge is 0.453 e. The van der Waals surface area contributed by atoms with Crippen LogP contribution < -0.4 is 20.7 Å². The summed E-state index contributed by atoms with van der Waals surface area (Å²) in [6.07, 6.45) is 2.55. The minimum Gasteiger partial charge on any atom is -0.453 e. The maximum atomic E-state index is 14.9. The van der Waals surface area contributed by atoms with Gasteiger partial charge in [-0.25, -0.2) is 9.18 Å². The van der Waals surface area contributed by atoms with Gasteiger partial charge in [0.2, 0.25) is 0 Å². The fraction of sp³-hybridized carbons (Fsp3) is 0.214. The van der Waals surface area contributed by atoms with Crippen molar-refractivity contribution < 1.29 is 23.2 Å². The number of amides is 2. The number of halogens is 1. The van der Waals surface area contributed by atoms with Crippen LogP contribution in [0.25, 0.3) is 20.8 Å². The second-order valence-electron chi connectivity index (χ2n) is 8.82. The van der Waals surface area contributed by atoms with E-state index in [0.717, 1.165) is 39.4 Å². The third-order valence-corrected chi connectivity index (χ3v) is 6.88. The first-order valence-corrected chi connectivity index (χ1v) is 13.3. The lowest BCUT2D eigenvalue weighted by Gasteiger charge is -2.10. The molecule has 12 heteroatoms. The monoisotopic (exact) mass is 562 g/mol. The van der Waals surface area contributed by atoms with Crippen molar-refractivity contribution in [2.75, 3.05) is 30.9 Å². The normalized spacial score (nSPS) is 11.1. The molecule has 0 atom stereocenters. The number of anilines is 2. The Morgan fingerprint density at radius 2 is 2.00 bits per heavy atom. The number of nitrogens with one attached hydrogen (secondary N) is 3. The predicted octanol–water partition coefficient (Wildman–Crippen LogP) is 6.36. The molecule has 0 radical (unpaired) electrons. The number of methoxy groups -OCH3 is 1. The summed E-state index contributed by atoms with van der Waals surface area (Å²) < 4.78 is 31.6. The third-order valence-electron chi connectivity index (χ3n) is 5.72. The van der Waals surface area contributed by atoms with Gasteiger partial charge in [0, 0.05) is 50.3 Å². The van der Waals surface area contributed by atoms with Gasteiger partial charge in [-0.05, 0) is 50.2 Å². The van der Waals surface area contributed by atoms with Gasteiger partial charge in [-0.15, -0.1) is 11.3 Å². The van der Waals surface area contributed by atoms with Crippen LogP contribution in [-0.4, -0.2) is 41.4 Å². The van der Waals surface area contributed by atoms with Gasteiger partial charge in [0.25, 0.3) is 0 Å². The Morgan fingerprint density at radius 1 is 1.10 bits per heavy atom. The van der Waals surface area contributed by atoms with E-state index in [9.17, 15) is 9.18 Å². The van der Waals surface area contributed by atoms with E-state index in [-0.39, 0.29) is 17.3 Å². The van der Waals surface area contributed by atoms with E-state index in [1.54, 1.807) is 38.4 Å². The first-order valence-electron chi connectivity index (χ1n) is 12.5. The van der Waals surface area contributed by atoms with E-state index in [0.29, 0.717) is 24.7 Å². The predicted molar refractivity (Wildman–Crippen MR) is 151 cm³/mol. The molecule has 0 saturated heterocycles. The van der Waals surface area contributed by atoms with Crippen molar-refractivity contribution in [1.29, 1.82) is 0 Å². The fourth-order valence-electron chi connectivity index (χ4n) is 3.88. The summed E-state index contributed by atoms with van der Waals surface area (Å²) in [7, 11) is 1.69. The maximum Gasteiger partial charge on any atom is 0.324 e. The van der Waals surface area contributed by atoms with E-state index in [2.05, 4.69) is 26.1 Å². The molecule has 10 nitrogen and oxygen atoms in total. The number of hydrogen-bond acceptors (Lipinski definition) is 9. The van der Waals surface area contributed by atoms with Crippen LogP contribution in [0.1, 0.15) is 17.9 Å². The number of pyridine rings is 2. The van der Waals surface area contributed by atoms with Gasteiger partial charge >= 0.3 is 6.03 Å². The van der Waals surface area contributed by atoms with E-state index in [1.165, 1.54) is 23.5 Å². The van der Waals surface area contributed by atoms with Gasteiger partial charge in [0.15, 0.2) is 17.4 Å². The van der Waals surface area contributed by atoms with E-state index >= 15 is 0 Å². The molecule has 0 aliphatic rings. The van der Waals surface area contributed by atoms with Crippen LogP contribution in [0.4, 0.5) is 20.7 Å². The average Bonchev–Trinajstić information content (AvgIpc) is 3.56. The number of hydrogen-bond donors (Lipinski definition) is 3. The zero-order chi connectivity index (χ0) is 27.9. The molecular weight excluding hydrogens is 535 g/mol. The van der Waals surface area contributed by atoms with Crippen LogP contribution in [0.2, 0.25) is 0 Å². The van der Waals surface area contributed by atoms with Gasteiger partial charge < -0.3 is 24.6 Å². The fourth-order valence-corrected chi connectivity index (χ4v) is 4.91. The number of thiophene rings is 1. The Morgan fingerprint density at radius 3 is 2.80 bits per heavy atom. The lowest BCUT2D eigenvalue weighted by atomic mass is 10.2. The van der Waals surface area contributed by atoms with Crippen molar-refractivity contribution in [3.05, 3.63) is 78.1 Å². The number of aromatic nitrogens is 3. The number of ether oxygens (including phenoxy) is 2. The molecule has 0 aliphatic heterocycles. The van der Waals surface area contributed by atoms with Crippen molar-refractivity contribution in [2.24, 2.45) is 0 Å². The van der Waals surface area contributed by atoms with Crippen LogP contribution in [0.5, 0.6) is 11.5 Å². The van der Waals surface area contributed by atoms with Crippen LogP contribution in [0, 0.1) is 12.7 Å². The molecule has 0 unspecified atom stereocenters. The zero-order valence-electron chi connectivity index (χ0n) is 21.9. The Hall–Kier alpha value is -4.39. The molecule has 0 spiro atoms. The Kier molecular flexibility index (Phi) is 8.59. The first-order chi connectivity index (χ1) is 19.5. The Labute approximate surface area is 233 Å². The molecular formula is C28H27FN6O4S. The number of rotatable bonds is 11. The van der Waals surface area contributed by atoms with Crippen molar-refractivity contribution >= 4 is 39.1 Å². The number of nitrogens with zero attached hydrogens (tertiary/aromatic N) is 3. The summed E-state index contributed by atoms with van der Waals surface area (Å²) in [5.74, 6) is 0.654. The third kappa shape index (κ3) is 6.78. The smallest absolute Gasteiger partial charge is 0.324 e. The van der Waals surface area contributed by atoms with Crippen molar-refractivity contribution in [2.45, 2.75) is 19.9 Å². The van der Waals surface area contributed by atoms with Gasteiger partial charge in [0.1, 0.15) is 11.5 Å². The highest BCUT2D eigenvalue weighted by Gasteiger charge is 2.15. The summed E-state index contributed by atoms with van der Waals surface area (Å²) in [5.41, 5.74) is 2.73. The number of aryl methyl sites for hydroxylation is 1. The second-order valence-corrected chi connectivity index (χ2v) is 9.87. The van der Waals surface area contributed by atoms with E-state index in [4.69, 9.17) is 19.0 Å². The number of carbonyl (C=O) groups excluding carboxylic acids is 1. The number of fused-ring (bicyclic) bond motifs is 1. The van der Waals surface area contributed by atoms with Crippen molar-refractivity contribution in [3.63, 3.8) is 0 Å². The van der Waals surface area contributed by atoms with Crippen molar-refractivity contribution in [3.8, 4) is 22.1 Å². The number of benzene rings is 1. The number of carbonyl (C=O) groups is 1. The first kappa shape index (κ1) is 27.2. The van der Waals surface area contributed by atoms with Gasteiger partial charge in [-0.3, -0.25) is 15.3 Å². The topological polar surface area (TPSA) is 123 Å². The summed E-state index contributed by atoms with van der Waals surface area (Å²) in [6, 6.07) is 14.7. The SMILES string of the molecule is COCCCNCc1cccc(-c2cc3nccc(Oc4ccc(NC(=O)Nc5cc(C)on5)cc4F)c3s2)n1. The minimum absolute atomic E-state index is 0.0141. The molecule has 0 bridgehead atoms. The molecule has 0 saturated carbocycles. The van der Waals surface area contributed by atoms with Crippen molar-refractivity contribution in [1.82, 2.24) is 20.4 Å². The highest BCUT2D eigenvalue weighted by Crippen LogP contribution is 2.39. The van der Waals surface area contributed by atoms with E-state index in [1.807, 2.05) is 24.3 Å². The Balaban J connectivity index is 1.28. The van der Waals surface area contributed by atoms with Gasteiger partial charge in [0.05, 0.1) is 26.5 Å². The molecule has 40 heavy (non-hydrogen) atoms. The quantitative estimate of drug-likeness (QED) is 0.159. The minimum atomic E-state index is -0.635. The van der Waals surface area contributed by atoms with E-state index < -0.39 is 11.8 Å². The lowest BCUT2D eigenvalue weighted by Crippen LogP contribution is -2.19. The lowest BCUT2D eigenvalue weighted by molar-refractivity contribution is 0.194. The molecule has 3 N–H and O–H groups in total. The summed E-state index contributed by atoms with van der Waals surface area (Å²) in [6.45, 7) is 3.92. The highest BCUT2D eigenvalue weighted by molar-refractivity contribution is 7.22. The molecule has 2 amide bonds. The molecule has 0 fully saturated rings. The van der Waals surface area contributed by atoms with Crippen LogP contribution >= 0.6 is 11.3 Å². The zero-order valence-corrected chi connectivity index (χ0v) is 22.7. The highest BCUT2D eigenvalue weighted by atomic mass is 32.1. The maximum absolute atomic E-state index is 14.9. The molecule has 5 aromatic rings. The summed E-state index contributed by atoms with van der Waals surface area (Å²) in [4.78, 5) is 22.3. The van der Waals surface area contributed by atoms with Crippen LogP contribution in [-0.2, 0) is 11.3 Å². The van der Waals surface area contributed by atoms with Gasteiger partial charge in [-0.1, -0.05) is 11.2 Å². The molecule has 1 aromatic carbocycles. The average molecular weight is 563 g/mol. The second kappa shape index (κ2) is 12.6. The van der Waals surface area contributed by atoms with Crippen LogP contribution in [0.3, 0.4) is 0 Å². The molecule has 0 aliphatic carbocycles. The molecule has 206 valence electrons.